The predicted octanol–water partition coefficient (Wildman–Crippen LogP) is 19.0. The summed E-state index contributed by atoms with van der Waals surface area (Å²) in [7, 11) is 0. The molecule has 0 spiro atoms. The summed E-state index contributed by atoms with van der Waals surface area (Å²) >= 11 is 0. The number of unbranched alkanes of at least 4 members (excludes halogenated alkanes) is 11. The second-order valence-electron chi connectivity index (χ2n) is 17.7. The normalized spacial score (nSPS) is 13.3. The van der Waals surface area contributed by atoms with Crippen LogP contribution in [-0.2, 0) is 28.6 Å². The highest BCUT2D eigenvalue weighted by atomic mass is 16.6. The van der Waals surface area contributed by atoms with Gasteiger partial charge in [0.05, 0.1) is 0 Å². The van der Waals surface area contributed by atoms with Crippen molar-refractivity contribution < 1.29 is 28.6 Å². The maximum absolute atomic E-state index is 12.8. The quantitative estimate of drug-likeness (QED) is 0.0262. The van der Waals surface area contributed by atoms with Crippen molar-refractivity contribution in [3.05, 3.63) is 158 Å². The molecule has 396 valence electrons. The number of hydrogen-bond donors (Lipinski definition) is 0. The number of allylic oxidation sites excluding steroid dienone is 26. The molecule has 6 heteroatoms. The van der Waals surface area contributed by atoms with E-state index in [0.29, 0.717) is 19.3 Å². The highest BCUT2D eigenvalue weighted by molar-refractivity contribution is 5.71. The zero-order valence-corrected chi connectivity index (χ0v) is 45.2. The topological polar surface area (TPSA) is 78.9 Å². The molecule has 0 bridgehead atoms. The Hall–Kier alpha value is -4.97. The highest BCUT2D eigenvalue weighted by Crippen LogP contribution is 2.11. The van der Waals surface area contributed by atoms with Gasteiger partial charge in [-0.2, -0.15) is 0 Å². The molecule has 0 aliphatic rings. The van der Waals surface area contributed by atoms with E-state index in [-0.39, 0.29) is 50.4 Å². The summed E-state index contributed by atoms with van der Waals surface area (Å²) in [6.07, 6.45) is 83.8. The monoisotopic (exact) mass is 977 g/mol. The van der Waals surface area contributed by atoms with Crippen molar-refractivity contribution >= 4 is 17.9 Å². The van der Waals surface area contributed by atoms with Crippen molar-refractivity contribution in [3.63, 3.8) is 0 Å². The molecule has 1 atom stereocenters. The second kappa shape index (κ2) is 57.6. The Morgan fingerprint density at radius 3 is 0.972 bits per heavy atom. The summed E-state index contributed by atoms with van der Waals surface area (Å²) in [5, 5.41) is 0. The van der Waals surface area contributed by atoms with E-state index >= 15 is 0 Å². The van der Waals surface area contributed by atoms with Crippen molar-refractivity contribution in [1.29, 1.82) is 0 Å². The molecule has 71 heavy (non-hydrogen) atoms. The summed E-state index contributed by atoms with van der Waals surface area (Å²) in [6.45, 7) is 6.31. The van der Waals surface area contributed by atoms with Gasteiger partial charge in [0.1, 0.15) is 13.2 Å². The molecule has 0 N–H and O–H groups in total. The maximum atomic E-state index is 12.8. The fraction of sp³-hybridized carbons (Fsp3) is 0.554. The van der Waals surface area contributed by atoms with E-state index in [1.165, 1.54) is 51.4 Å². The third kappa shape index (κ3) is 55.8. The Balaban J connectivity index is 4.66. The van der Waals surface area contributed by atoms with Crippen LogP contribution in [-0.4, -0.2) is 37.2 Å². The zero-order valence-electron chi connectivity index (χ0n) is 45.2. The van der Waals surface area contributed by atoms with Gasteiger partial charge in [-0.3, -0.25) is 14.4 Å². The molecule has 0 aliphatic carbocycles. The molecule has 0 rings (SSSR count). The summed E-state index contributed by atoms with van der Waals surface area (Å²) in [4.78, 5) is 38.1. The Bertz CT molecular complexity index is 1640. The van der Waals surface area contributed by atoms with Crippen LogP contribution in [0.25, 0.3) is 0 Å². The summed E-state index contributed by atoms with van der Waals surface area (Å²) in [5.41, 5.74) is 0. The fourth-order valence-electron chi connectivity index (χ4n) is 6.82. The van der Waals surface area contributed by atoms with Gasteiger partial charge in [0.15, 0.2) is 6.10 Å². The number of carbonyl (C=O) groups excluding carboxylic acids is 3. The SMILES string of the molecule is CC/C=C\C/C=C\C/C=C\C/C=C\C/C=C\C/C=C\CCC(=O)OC[C@H](COC(=O)CCC/C=C\C/C=C\C/C=C\C/C=C\CCCCC)OC(=O)CCCCCC/C=C\C/C=C\C/C=C\CCCCC. The lowest BCUT2D eigenvalue weighted by molar-refractivity contribution is -0.166. The molecule has 0 heterocycles. The molecule has 0 unspecified atom stereocenters. The number of ether oxygens (including phenoxy) is 3. The highest BCUT2D eigenvalue weighted by Gasteiger charge is 2.19. The van der Waals surface area contributed by atoms with E-state index in [4.69, 9.17) is 14.2 Å². The molecule has 0 fully saturated rings. The van der Waals surface area contributed by atoms with E-state index in [9.17, 15) is 14.4 Å². The van der Waals surface area contributed by atoms with Gasteiger partial charge in [0, 0.05) is 19.3 Å². The first-order valence-corrected chi connectivity index (χ1v) is 28.0. The Morgan fingerprint density at radius 1 is 0.296 bits per heavy atom. The van der Waals surface area contributed by atoms with E-state index in [2.05, 4.69) is 167 Å². The van der Waals surface area contributed by atoms with Crippen LogP contribution in [0.15, 0.2) is 158 Å². The largest absolute Gasteiger partial charge is 0.462 e. The van der Waals surface area contributed by atoms with Gasteiger partial charge >= 0.3 is 17.9 Å². The van der Waals surface area contributed by atoms with Crippen LogP contribution in [0, 0.1) is 0 Å². The number of carbonyl (C=O) groups is 3. The van der Waals surface area contributed by atoms with Crippen LogP contribution >= 0.6 is 0 Å². The number of hydrogen-bond acceptors (Lipinski definition) is 6. The van der Waals surface area contributed by atoms with Crippen molar-refractivity contribution in [3.8, 4) is 0 Å². The zero-order chi connectivity index (χ0) is 51.4. The molecule has 0 radical (unpaired) electrons. The van der Waals surface area contributed by atoms with Gasteiger partial charge in [-0.05, 0) is 135 Å². The van der Waals surface area contributed by atoms with Gasteiger partial charge in [-0.1, -0.05) is 217 Å². The van der Waals surface area contributed by atoms with Crippen LogP contribution in [0.1, 0.15) is 213 Å². The van der Waals surface area contributed by atoms with Crippen LogP contribution in [0.4, 0.5) is 0 Å². The van der Waals surface area contributed by atoms with Crippen molar-refractivity contribution in [2.75, 3.05) is 13.2 Å². The first-order chi connectivity index (χ1) is 35.0. The second-order valence-corrected chi connectivity index (χ2v) is 17.7. The van der Waals surface area contributed by atoms with Crippen molar-refractivity contribution in [2.24, 2.45) is 0 Å². The third-order valence-electron chi connectivity index (χ3n) is 11.0. The molecular formula is C65H100O6. The molecule has 0 saturated heterocycles. The molecule has 0 aromatic heterocycles. The Labute approximate surface area is 435 Å². The van der Waals surface area contributed by atoms with E-state index in [1.54, 1.807) is 0 Å². The van der Waals surface area contributed by atoms with Gasteiger partial charge < -0.3 is 14.2 Å². The summed E-state index contributed by atoms with van der Waals surface area (Å²) in [5.74, 6) is -1.12. The fourth-order valence-corrected chi connectivity index (χ4v) is 6.82. The molecule has 6 nitrogen and oxygen atoms in total. The van der Waals surface area contributed by atoms with Crippen LogP contribution < -0.4 is 0 Å². The van der Waals surface area contributed by atoms with Gasteiger partial charge in [-0.25, -0.2) is 0 Å². The van der Waals surface area contributed by atoms with Crippen LogP contribution in [0.2, 0.25) is 0 Å². The third-order valence-corrected chi connectivity index (χ3v) is 11.0. The van der Waals surface area contributed by atoms with Gasteiger partial charge in [-0.15, -0.1) is 0 Å². The summed E-state index contributed by atoms with van der Waals surface area (Å²) < 4.78 is 16.7. The van der Waals surface area contributed by atoms with Crippen LogP contribution in [0.5, 0.6) is 0 Å². The van der Waals surface area contributed by atoms with Gasteiger partial charge in [0.25, 0.3) is 0 Å². The van der Waals surface area contributed by atoms with Crippen molar-refractivity contribution in [2.45, 2.75) is 219 Å². The molecule has 0 aromatic rings. The number of rotatable bonds is 48. The minimum absolute atomic E-state index is 0.146. The van der Waals surface area contributed by atoms with Crippen molar-refractivity contribution in [1.82, 2.24) is 0 Å². The molecule has 0 saturated carbocycles. The first-order valence-electron chi connectivity index (χ1n) is 28.0. The average Bonchev–Trinajstić information content (AvgIpc) is 3.37. The van der Waals surface area contributed by atoms with Gasteiger partial charge in [0.2, 0.25) is 0 Å². The maximum Gasteiger partial charge on any atom is 0.306 e. The summed E-state index contributed by atoms with van der Waals surface area (Å²) in [6, 6.07) is 0. The molecular weight excluding hydrogens is 877 g/mol. The Morgan fingerprint density at radius 2 is 0.592 bits per heavy atom. The minimum Gasteiger partial charge on any atom is -0.462 e. The standard InChI is InChI=1S/C65H100O6/c1-4-7-10-13-16-19-22-25-28-31-32-35-37-40-43-46-49-52-55-58-64(67)70-61-62(71-65(68)59-56-53-50-47-44-41-38-34-30-27-24-21-18-15-12-9-6-3)60-69-63(66)57-54-51-48-45-42-39-36-33-29-26-23-20-17-14-11-8-5-2/h7,10,16-21,25-30,32,35-36,38-41,43,45,48-49,52,62H,4-6,8-9,11-15,22-24,31,33-34,37,42,44,46-47,50-51,53-61H2,1-3H3/b10-7-,19-16-,20-17-,21-18-,28-25-,29-26-,30-27-,35-32-,39-36-,41-38-,43-40-,48-45-,52-49-/t62-/m0/s1. The van der Waals surface area contributed by atoms with Crippen LogP contribution in [0.3, 0.4) is 0 Å². The number of esters is 3. The first kappa shape index (κ1) is 66.0. The van der Waals surface area contributed by atoms with E-state index in [1.807, 2.05) is 12.2 Å². The Kier molecular flexibility index (Phi) is 53.6. The molecule has 0 aromatic carbocycles. The lowest BCUT2D eigenvalue weighted by atomic mass is 10.1. The lowest BCUT2D eigenvalue weighted by Crippen LogP contribution is -2.30. The van der Waals surface area contributed by atoms with E-state index < -0.39 is 6.10 Å². The minimum atomic E-state index is -0.851. The molecule has 0 amide bonds. The predicted molar refractivity (Wildman–Crippen MR) is 306 cm³/mol. The van der Waals surface area contributed by atoms with E-state index in [0.717, 1.165) is 103 Å². The molecule has 0 aliphatic heterocycles. The average molecular weight is 978 g/mol. The smallest absolute Gasteiger partial charge is 0.306 e. The lowest BCUT2D eigenvalue weighted by Gasteiger charge is -2.18.